The zero-order valence-corrected chi connectivity index (χ0v) is 15.3. The van der Waals surface area contributed by atoms with Gasteiger partial charge in [0.1, 0.15) is 0 Å². The van der Waals surface area contributed by atoms with E-state index in [1.807, 2.05) is 31.2 Å². The van der Waals surface area contributed by atoms with Gasteiger partial charge in [-0.15, -0.1) is 0 Å². The van der Waals surface area contributed by atoms with Gasteiger partial charge in [-0.25, -0.2) is 8.42 Å². The molecule has 1 amide bonds. The monoisotopic (exact) mass is 353 g/mol. The molecule has 1 fully saturated rings. The van der Waals surface area contributed by atoms with Gasteiger partial charge in [0, 0.05) is 45.3 Å². The third-order valence-electron chi connectivity index (χ3n) is 4.18. The highest BCUT2D eigenvalue weighted by atomic mass is 32.2. The first-order valence-corrected chi connectivity index (χ1v) is 10.1. The summed E-state index contributed by atoms with van der Waals surface area (Å²) in [6.45, 7) is 7.05. The fraction of sp³-hybridized carbons (Fsp3) is 0.588. The molecule has 1 aliphatic rings. The maximum atomic E-state index is 12.1. The number of amides is 1. The number of rotatable bonds is 7. The number of hydrogen-bond donors (Lipinski definition) is 1. The molecule has 0 unspecified atom stereocenters. The van der Waals surface area contributed by atoms with E-state index in [0.29, 0.717) is 19.5 Å². The lowest BCUT2D eigenvalue weighted by Gasteiger charge is -2.34. The van der Waals surface area contributed by atoms with Gasteiger partial charge in [0.15, 0.2) is 0 Å². The molecule has 0 aromatic heterocycles. The van der Waals surface area contributed by atoms with Crippen LogP contribution in [0.2, 0.25) is 0 Å². The Hall–Kier alpha value is -1.44. The van der Waals surface area contributed by atoms with Crippen LogP contribution in [0.4, 0.5) is 5.69 Å². The summed E-state index contributed by atoms with van der Waals surface area (Å²) in [5.74, 6) is 0.173. The van der Waals surface area contributed by atoms with Crippen molar-refractivity contribution >= 4 is 21.6 Å². The van der Waals surface area contributed by atoms with Gasteiger partial charge in [0.2, 0.25) is 15.9 Å². The van der Waals surface area contributed by atoms with Crippen LogP contribution in [0.25, 0.3) is 0 Å². The Labute approximate surface area is 144 Å². The van der Waals surface area contributed by atoms with Crippen LogP contribution in [-0.2, 0) is 21.2 Å². The number of hydrogen-bond acceptors (Lipinski definition) is 4. The van der Waals surface area contributed by atoms with E-state index in [2.05, 4.69) is 10.2 Å². The van der Waals surface area contributed by atoms with Gasteiger partial charge in [0.25, 0.3) is 0 Å². The summed E-state index contributed by atoms with van der Waals surface area (Å²) in [6.07, 6.45) is 1.58. The molecule has 1 aromatic rings. The molecule has 1 heterocycles. The largest absolute Gasteiger partial charge is 0.326 e. The number of carbonyl (C=O) groups excluding carboxylic acids is 1. The molecule has 1 saturated heterocycles. The molecular formula is C17H27N3O3S. The number of piperazine rings is 1. The highest BCUT2D eigenvalue weighted by Gasteiger charge is 2.25. The summed E-state index contributed by atoms with van der Waals surface area (Å²) in [7, 11) is -3.07. The lowest BCUT2D eigenvalue weighted by atomic mass is 10.1. The normalized spacial score (nSPS) is 16.9. The smallest absolute Gasteiger partial charge is 0.221 e. The van der Waals surface area contributed by atoms with Crippen molar-refractivity contribution in [1.29, 1.82) is 0 Å². The van der Waals surface area contributed by atoms with Gasteiger partial charge in [-0.1, -0.05) is 19.1 Å². The zero-order chi connectivity index (χ0) is 17.6. The highest BCUT2D eigenvalue weighted by molar-refractivity contribution is 7.89. The molecule has 0 aliphatic carbocycles. The van der Waals surface area contributed by atoms with E-state index < -0.39 is 10.0 Å². The predicted molar refractivity (Wildman–Crippen MR) is 96.5 cm³/mol. The Morgan fingerprint density at radius 3 is 2.29 bits per heavy atom. The lowest BCUT2D eigenvalue weighted by molar-refractivity contribution is -0.114. The molecule has 0 spiro atoms. The van der Waals surface area contributed by atoms with Crippen molar-refractivity contribution in [2.24, 2.45) is 0 Å². The first kappa shape index (κ1) is 18.9. The minimum absolute atomic E-state index is 0.0707. The Balaban J connectivity index is 1.77. The molecule has 1 N–H and O–H groups in total. The zero-order valence-electron chi connectivity index (χ0n) is 14.5. The summed E-state index contributed by atoms with van der Waals surface area (Å²) in [5, 5.41) is 2.75. The maximum Gasteiger partial charge on any atom is 0.221 e. The third-order valence-corrected chi connectivity index (χ3v) is 6.25. The van der Waals surface area contributed by atoms with Crippen molar-refractivity contribution < 1.29 is 13.2 Å². The van der Waals surface area contributed by atoms with Crippen molar-refractivity contribution in [1.82, 2.24) is 9.21 Å². The van der Waals surface area contributed by atoms with Gasteiger partial charge in [-0.2, -0.15) is 4.31 Å². The van der Waals surface area contributed by atoms with Gasteiger partial charge in [-0.3, -0.25) is 4.79 Å². The summed E-state index contributed by atoms with van der Waals surface area (Å²) in [6, 6.07) is 7.86. The van der Waals surface area contributed by atoms with Gasteiger partial charge in [-0.05, 0) is 30.5 Å². The predicted octanol–water partition coefficient (Wildman–Crippen LogP) is 1.54. The second kappa shape index (κ2) is 8.60. The minimum atomic E-state index is -3.07. The first-order chi connectivity index (χ1) is 11.4. The molecule has 0 bridgehead atoms. The molecule has 2 rings (SSSR count). The lowest BCUT2D eigenvalue weighted by Crippen LogP contribution is -2.49. The van der Waals surface area contributed by atoms with Crippen LogP contribution in [-0.4, -0.2) is 62.0 Å². The van der Waals surface area contributed by atoms with Crippen molar-refractivity contribution in [2.45, 2.75) is 26.7 Å². The molecule has 1 aromatic carbocycles. The van der Waals surface area contributed by atoms with Crippen molar-refractivity contribution in [3.05, 3.63) is 29.8 Å². The summed E-state index contributed by atoms with van der Waals surface area (Å²) in [4.78, 5) is 13.3. The van der Waals surface area contributed by atoms with Crippen LogP contribution in [0.15, 0.2) is 24.3 Å². The summed E-state index contributed by atoms with van der Waals surface area (Å²) >= 11 is 0. The van der Waals surface area contributed by atoms with Gasteiger partial charge < -0.3 is 10.2 Å². The Morgan fingerprint density at radius 2 is 1.75 bits per heavy atom. The number of carbonyl (C=O) groups is 1. The van der Waals surface area contributed by atoms with Gasteiger partial charge in [0.05, 0.1) is 5.75 Å². The average Bonchev–Trinajstić information content (AvgIpc) is 2.54. The van der Waals surface area contributed by atoms with Crippen LogP contribution < -0.4 is 5.32 Å². The van der Waals surface area contributed by atoms with E-state index in [-0.39, 0.29) is 11.7 Å². The van der Waals surface area contributed by atoms with E-state index in [9.17, 15) is 13.2 Å². The minimum Gasteiger partial charge on any atom is -0.326 e. The number of nitrogens with one attached hydrogen (secondary N) is 1. The molecule has 6 nitrogen and oxygen atoms in total. The van der Waals surface area contributed by atoms with Crippen molar-refractivity contribution in [2.75, 3.05) is 43.8 Å². The third kappa shape index (κ3) is 5.58. The molecular weight excluding hydrogens is 326 g/mol. The maximum absolute atomic E-state index is 12.1. The number of benzene rings is 1. The van der Waals surface area contributed by atoms with E-state index in [1.54, 1.807) is 4.31 Å². The van der Waals surface area contributed by atoms with Gasteiger partial charge >= 0.3 is 0 Å². The number of nitrogens with zero attached hydrogens (tertiary/aromatic N) is 2. The van der Waals surface area contributed by atoms with Crippen LogP contribution >= 0.6 is 0 Å². The molecule has 0 atom stereocenters. The van der Waals surface area contributed by atoms with Crippen LogP contribution in [0, 0.1) is 0 Å². The Morgan fingerprint density at radius 1 is 1.12 bits per heavy atom. The van der Waals surface area contributed by atoms with E-state index in [4.69, 9.17) is 0 Å². The SMILES string of the molecule is CCCS(=O)(=O)N1CCN(CCc2ccc(NC(C)=O)cc2)CC1. The summed E-state index contributed by atoms with van der Waals surface area (Å²) < 4.78 is 25.7. The second-order valence-corrected chi connectivity index (χ2v) is 8.27. The van der Waals surface area contributed by atoms with E-state index in [1.165, 1.54) is 12.5 Å². The molecule has 7 heteroatoms. The number of anilines is 1. The molecule has 134 valence electrons. The van der Waals surface area contributed by atoms with Crippen LogP contribution in [0.5, 0.6) is 0 Å². The quantitative estimate of drug-likeness (QED) is 0.807. The standard InChI is InChI=1S/C17H27N3O3S/c1-3-14-24(22,23)20-12-10-19(11-13-20)9-8-16-4-6-17(7-5-16)18-15(2)21/h4-7H,3,8-14H2,1-2H3,(H,18,21). The topological polar surface area (TPSA) is 69.7 Å². The van der Waals surface area contributed by atoms with Crippen molar-refractivity contribution in [3.63, 3.8) is 0 Å². The molecule has 1 aliphatic heterocycles. The van der Waals surface area contributed by atoms with Crippen LogP contribution in [0.3, 0.4) is 0 Å². The first-order valence-electron chi connectivity index (χ1n) is 8.47. The van der Waals surface area contributed by atoms with Crippen molar-refractivity contribution in [3.8, 4) is 0 Å². The van der Waals surface area contributed by atoms with E-state index in [0.717, 1.165) is 31.7 Å². The number of sulfonamides is 1. The highest BCUT2D eigenvalue weighted by Crippen LogP contribution is 2.12. The average molecular weight is 353 g/mol. The fourth-order valence-corrected chi connectivity index (χ4v) is 4.36. The Bertz CT molecular complexity index is 636. The fourth-order valence-electron chi connectivity index (χ4n) is 2.86. The molecule has 0 saturated carbocycles. The van der Waals surface area contributed by atoms with E-state index >= 15 is 0 Å². The molecule has 0 radical (unpaired) electrons. The second-order valence-electron chi connectivity index (χ2n) is 6.18. The van der Waals surface area contributed by atoms with Crippen LogP contribution in [0.1, 0.15) is 25.8 Å². The molecule has 24 heavy (non-hydrogen) atoms. The summed E-state index contributed by atoms with van der Waals surface area (Å²) in [5.41, 5.74) is 2.02. The Kier molecular flexibility index (Phi) is 6.77.